The minimum absolute atomic E-state index is 0.0249. The third-order valence-electron chi connectivity index (χ3n) is 5.22. The van der Waals surface area contributed by atoms with E-state index in [0.29, 0.717) is 26.1 Å². The number of rotatable bonds is 1. The van der Waals surface area contributed by atoms with Gasteiger partial charge in [-0.15, -0.1) is 0 Å². The Morgan fingerprint density at radius 1 is 1.39 bits per heavy atom. The molecule has 3 aliphatic heterocycles. The molecule has 0 aromatic heterocycles. The summed E-state index contributed by atoms with van der Waals surface area (Å²) in [5.41, 5.74) is 0.219. The summed E-state index contributed by atoms with van der Waals surface area (Å²) in [4.78, 5) is 28.5. The fourth-order valence-corrected chi connectivity index (χ4v) is 4.15. The number of ether oxygens (including phenoxy) is 1. The number of hydrogen-bond donors (Lipinski definition) is 0. The van der Waals surface area contributed by atoms with Crippen LogP contribution in [0.4, 0.5) is 4.39 Å². The topological polar surface area (TPSA) is 49.9 Å². The van der Waals surface area contributed by atoms with Crippen molar-refractivity contribution in [3.63, 3.8) is 0 Å². The second-order valence-corrected chi connectivity index (χ2v) is 6.54. The fraction of sp³-hybridized carbons (Fsp3) is 0.529. The van der Waals surface area contributed by atoms with E-state index in [1.54, 1.807) is 21.9 Å². The number of halogens is 1. The van der Waals surface area contributed by atoms with E-state index in [4.69, 9.17) is 4.74 Å². The molecule has 6 heteroatoms. The van der Waals surface area contributed by atoms with E-state index < -0.39 is 11.5 Å². The first-order valence-electron chi connectivity index (χ1n) is 8.04. The molecule has 3 aliphatic rings. The van der Waals surface area contributed by atoms with Gasteiger partial charge in [-0.05, 0) is 25.5 Å². The predicted molar refractivity (Wildman–Crippen MR) is 80.2 cm³/mol. The Kier molecular flexibility index (Phi) is 3.20. The Labute approximate surface area is 134 Å². The second kappa shape index (κ2) is 5.03. The predicted octanol–water partition coefficient (Wildman–Crippen LogP) is 1.70. The first-order valence-corrected chi connectivity index (χ1v) is 8.04. The van der Waals surface area contributed by atoms with E-state index >= 15 is 0 Å². The lowest BCUT2D eigenvalue weighted by Crippen LogP contribution is -2.56. The summed E-state index contributed by atoms with van der Waals surface area (Å²) in [6.07, 6.45) is 1.68. The molecule has 0 saturated carbocycles. The molecule has 0 aliphatic carbocycles. The van der Waals surface area contributed by atoms with E-state index in [1.165, 1.54) is 6.07 Å². The number of hydrogen-bond acceptors (Lipinski definition) is 3. The van der Waals surface area contributed by atoms with Crippen molar-refractivity contribution in [2.24, 2.45) is 0 Å². The molecule has 3 saturated heterocycles. The van der Waals surface area contributed by atoms with Gasteiger partial charge in [0.1, 0.15) is 5.82 Å². The number of carbonyl (C=O) groups excluding carboxylic acids is 2. The van der Waals surface area contributed by atoms with Crippen LogP contribution in [0.25, 0.3) is 0 Å². The van der Waals surface area contributed by atoms with E-state index in [1.807, 2.05) is 6.92 Å². The van der Waals surface area contributed by atoms with Crippen molar-refractivity contribution in [1.29, 1.82) is 0 Å². The van der Waals surface area contributed by atoms with Crippen molar-refractivity contribution in [2.75, 3.05) is 19.7 Å². The Balaban J connectivity index is 1.68. The van der Waals surface area contributed by atoms with Crippen molar-refractivity contribution in [3.05, 3.63) is 35.1 Å². The van der Waals surface area contributed by atoms with Crippen LogP contribution in [0.5, 0.6) is 0 Å². The summed E-state index contributed by atoms with van der Waals surface area (Å²) in [7, 11) is 0. The quantitative estimate of drug-likeness (QED) is 0.792. The van der Waals surface area contributed by atoms with Crippen molar-refractivity contribution < 1.29 is 18.7 Å². The molecule has 2 amide bonds. The van der Waals surface area contributed by atoms with Crippen LogP contribution in [0.3, 0.4) is 0 Å². The van der Waals surface area contributed by atoms with Gasteiger partial charge in [0.2, 0.25) is 5.91 Å². The van der Waals surface area contributed by atoms with Crippen LogP contribution in [-0.2, 0) is 9.53 Å². The molecule has 23 heavy (non-hydrogen) atoms. The third-order valence-corrected chi connectivity index (χ3v) is 5.22. The molecule has 122 valence electrons. The highest BCUT2D eigenvalue weighted by Gasteiger charge is 2.61. The molecule has 5 nitrogen and oxygen atoms in total. The highest BCUT2D eigenvalue weighted by atomic mass is 19.1. The molecule has 1 spiro atoms. The van der Waals surface area contributed by atoms with Gasteiger partial charge in [-0.25, -0.2) is 4.39 Å². The lowest BCUT2D eigenvalue weighted by atomic mass is 10.0. The van der Waals surface area contributed by atoms with Crippen LogP contribution < -0.4 is 0 Å². The highest BCUT2D eigenvalue weighted by molar-refractivity contribution is 5.96. The minimum Gasteiger partial charge on any atom is -0.353 e. The van der Waals surface area contributed by atoms with E-state index in [0.717, 1.165) is 12.0 Å². The normalized spacial score (nSPS) is 29.7. The second-order valence-electron chi connectivity index (χ2n) is 6.54. The molecule has 4 rings (SSSR count). The van der Waals surface area contributed by atoms with Gasteiger partial charge >= 0.3 is 0 Å². The number of nitrogens with zero attached hydrogens (tertiary/aromatic N) is 2. The number of amides is 2. The van der Waals surface area contributed by atoms with Gasteiger partial charge in [-0.2, -0.15) is 0 Å². The molecule has 1 aromatic carbocycles. The van der Waals surface area contributed by atoms with E-state index in [2.05, 4.69) is 0 Å². The van der Waals surface area contributed by atoms with Crippen molar-refractivity contribution in [3.8, 4) is 0 Å². The van der Waals surface area contributed by atoms with Gasteiger partial charge in [-0.3, -0.25) is 9.59 Å². The van der Waals surface area contributed by atoms with Gasteiger partial charge in [0.05, 0.1) is 24.6 Å². The highest BCUT2D eigenvalue weighted by Crippen LogP contribution is 2.45. The average Bonchev–Trinajstić information content (AvgIpc) is 3.01. The number of benzene rings is 1. The van der Waals surface area contributed by atoms with Crippen molar-refractivity contribution in [1.82, 2.24) is 9.80 Å². The summed E-state index contributed by atoms with van der Waals surface area (Å²) < 4.78 is 20.0. The maximum atomic E-state index is 14.1. The van der Waals surface area contributed by atoms with Crippen molar-refractivity contribution in [2.45, 2.75) is 38.0 Å². The zero-order valence-corrected chi connectivity index (χ0v) is 13.0. The lowest BCUT2D eigenvalue weighted by molar-refractivity contribution is -0.179. The molecular weight excluding hydrogens is 299 g/mol. The standard InChI is InChI=1S/C17H19FN2O3/c1-11-3-4-13(18)12(9-11)16(22)19-7-5-17-14(19)10-15(21)20(17)6-2-8-23-17/h3-4,9,14H,2,5-8,10H2,1H3/t14-,17+/m1/s1. The largest absolute Gasteiger partial charge is 0.353 e. The molecule has 3 heterocycles. The average molecular weight is 318 g/mol. The zero-order chi connectivity index (χ0) is 16.2. The molecule has 0 N–H and O–H groups in total. The molecule has 1 aromatic rings. The summed E-state index contributed by atoms with van der Waals surface area (Å²) in [6.45, 7) is 3.59. The zero-order valence-electron chi connectivity index (χ0n) is 13.0. The summed E-state index contributed by atoms with van der Waals surface area (Å²) in [5.74, 6) is -0.846. The first-order chi connectivity index (χ1) is 11.0. The van der Waals surface area contributed by atoms with Crippen LogP contribution in [0.2, 0.25) is 0 Å². The van der Waals surface area contributed by atoms with Crippen molar-refractivity contribution >= 4 is 11.8 Å². The van der Waals surface area contributed by atoms with Gasteiger partial charge in [0, 0.05) is 19.5 Å². The Bertz CT molecular complexity index is 692. The molecule has 3 fully saturated rings. The Morgan fingerprint density at radius 2 is 2.22 bits per heavy atom. The molecule has 0 bridgehead atoms. The maximum Gasteiger partial charge on any atom is 0.257 e. The van der Waals surface area contributed by atoms with Gasteiger partial charge in [0.15, 0.2) is 5.72 Å². The summed E-state index contributed by atoms with van der Waals surface area (Å²) in [6, 6.07) is 4.21. The van der Waals surface area contributed by atoms with Gasteiger partial charge < -0.3 is 14.5 Å². The smallest absolute Gasteiger partial charge is 0.257 e. The Morgan fingerprint density at radius 3 is 3.04 bits per heavy atom. The van der Waals surface area contributed by atoms with E-state index in [9.17, 15) is 14.0 Å². The van der Waals surface area contributed by atoms with Crippen LogP contribution in [0.1, 0.15) is 35.2 Å². The number of likely N-dealkylation sites (tertiary alicyclic amines) is 1. The fourth-order valence-electron chi connectivity index (χ4n) is 4.15. The summed E-state index contributed by atoms with van der Waals surface area (Å²) >= 11 is 0. The van der Waals surface area contributed by atoms with Crippen LogP contribution in [-0.4, -0.2) is 53.1 Å². The molecule has 0 unspecified atom stereocenters. The molecule has 0 radical (unpaired) electrons. The third kappa shape index (κ3) is 2.01. The maximum absolute atomic E-state index is 14.1. The Hall–Kier alpha value is -1.95. The minimum atomic E-state index is -0.689. The SMILES string of the molecule is Cc1ccc(F)c(C(=O)N2CC[C@@]34OCCCN3C(=O)C[C@@H]24)c1. The van der Waals surface area contributed by atoms with Crippen LogP contribution >= 0.6 is 0 Å². The lowest BCUT2D eigenvalue weighted by Gasteiger charge is -2.42. The number of aryl methyl sites for hydroxylation is 1. The molecule has 2 atom stereocenters. The summed E-state index contributed by atoms with van der Waals surface area (Å²) in [5, 5.41) is 0. The van der Waals surface area contributed by atoms with Crippen LogP contribution in [0.15, 0.2) is 18.2 Å². The van der Waals surface area contributed by atoms with Gasteiger partial charge in [0.25, 0.3) is 5.91 Å². The van der Waals surface area contributed by atoms with Gasteiger partial charge in [-0.1, -0.05) is 11.6 Å². The number of carbonyl (C=O) groups is 2. The monoisotopic (exact) mass is 318 g/mol. The van der Waals surface area contributed by atoms with E-state index in [-0.39, 0.29) is 29.8 Å². The van der Waals surface area contributed by atoms with Crippen LogP contribution in [0, 0.1) is 12.7 Å². The first kappa shape index (κ1) is 14.6. The molecular formula is C17H19FN2O3.